The molecule has 5 nitrogen and oxygen atoms in total. The minimum Gasteiger partial charge on any atom is -0.504 e. The zero-order chi connectivity index (χ0) is 13.0. The Bertz CT molecular complexity index is 579. The fourth-order valence-corrected chi connectivity index (χ4v) is 1.86. The van der Waals surface area contributed by atoms with Crippen LogP contribution in [-0.2, 0) is 0 Å². The Labute approximate surface area is 107 Å². The van der Waals surface area contributed by atoms with Crippen molar-refractivity contribution in [2.75, 3.05) is 0 Å². The Balaban J connectivity index is 1.99. The number of rotatable bonds is 3. The molecule has 1 amide bonds. The Morgan fingerprint density at radius 1 is 1.28 bits per heavy atom. The number of hydrazone groups is 1. The molecule has 18 heavy (non-hydrogen) atoms. The lowest BCUT2D eigenvalue weighted by molar-refractivity contribution is 0.0959. The predicted molar refractivity (Wildman–Crippen MR) is 69.2 cm³/mol. The zero-order valence-electron chi connectivity index (χ0n) is 9.20. The van der Waals surface area contributed by atoms with E-state index < -0.39 is 0 Å². The van der Waals surface area contributed by atoms with Crippen LogP contribution in [0.3, 0.4) is 0 Å². The molecule has 0 saturated heterocycles. The van der Waals surface area contributed by atoms with E-state index in [1.54, 1.807) is 23.6 Å². The Morgan fingerprint density at radius 3 is 2.78 bits per heavy atom. The van der Waals surface area contributed by atoms with E-state index in [9.17, 15) is 9.90 Å². The van der Waals surface area contributed by atoms with Gasteiger partial charge >= 0.3 is 0 Å². The fourth-order valence-electron chi connectivity index (χ4n) is 1.25. The third-order valence-corrected chi connectivity index (χ3v) is 2.99. The molecule has 0 aliphatic carbocycles. The third kappa shape index (κ3) is 2.86. The summed E-state index contributed by atoms with van der Waals surface area (Å²) in [7, 11) is 0. The van der Waals surface area contributed by atoms with E-state index in [0.29, 0.717) is 10.4 Å². The molecule has 0 aliphatic heterocycles. The minimum absolute atomic E-state index is 0.199. The average Bonchev–Trinajstić information content (AvgIpc) is 2.87. The maximum atomic E-state index is 11.5. The predicted octanol–water partition coefficient (Wildman–Crippen LogP) is 1.92. The van der Waals surface area contributed by atoms with Crippen molar-refractivity contribution in [3.63, 3.8) is 0 Å². The van der Waals surface area contributed by atoms with Crippen molar-refractivity contribution >= 4 is 23.5 Å². The topological polar surface area (TPSA) is 81.9 Å². The molecule has 2 aromatic rings. The molecular formula is C12H10N2O3S. The minimum atomic E-state index is -0.288. The van der Waals surface area contributed by atoms with Crippen LogP contribution in [0.4, 0.5) is 0 Å². The summed E-state index contributed by atoms with van der Waals surface area (Å²) in [6, 6.07) is 7.73. The monoisotopic (exact) mass is 262 g/mol. The largest absolute Gasteiger partial charge is 0.504 e. The van der Waals surface area contributed by atoms with Crippen molar-refractivity contribution in [3.8, 4) is 11.5 Å². The molecule has 2 rings (SSSR count). The SMILES string of the molecule is O=C(NN=Cc1ccc(O)c(O)c1)c1cccs1. The van der Waals surface area contributed by atoms with Gasteiger partial charge in [0.25, 0.3) is 5.91 Å². The van der Waals surface area contributed by atoms with Crippen molar-refractivity contribution in [1.82, 2.24) is 5.43 Å². The Hall–Kier alpha value is -2.34. The van der Waals surface area contributed by atoms with Gasteiger partial charge in [-0.3, -0.25) is 4.79 Å². The van der Waals surface area contributed by atoms with Crippen LogP contribution >= 0.6 is 11.3 Å². The van der Waals surface area contributed by atoms with Crippen LogP contribution in [0.5, 0.6) is 11.5 Å². The van der Waals surface area contributed by atoms with E-state index in [1.165, 1.54) is 29.7 Å². The summed E-state index contributed by atoms with van der Waals surface area (Å²) >= 11 is 1.32. The second-order valence-corrected chi connectivity index (χ2v) is 4.37. The third-order valence-electron chi connectivity index (χ3n) is 2.12. The van der Waals surface area contributed by atoms with Gasteiger partial charge in [-0.25, -0.2) is 5.43 Å². The summed E-state index contributed by atoms with van der Waals surface area (Å²) in [5.41, 5.74) is 2.93. The second kappa shape index (κ2) is 5.33. The maximum Gasteiger partial charge on any atom is 0.281 e. The molecule has 0 saturated carbocycles. The number of nitrogens with zero attached hydrogens (tertiary/aromatic N) is 1. The van der Waals surface area contributed by atoms with E-state index >= 15 is 0 Å². The van der Waals surface area contributed by atoms with Gasteiger partial charge in [0, 0.05) is 0 Å². The molecule has 1 heterocycles. The van der Waals surface area contributed by atoms with Crippen molar-refractivity contribution < 1.29 is 15.0 Å². The van der Waals surface area contributed by atoms with E-state index in [-0.39, 0.29) is 17.4 Å². The van der Waals surface area contributed by atoms with Gasteiger partial charge in [0.05, 0.1) is 11.1 Å². The summed E-state index contributed by atoms with van der Waals surface area (Å²) in [5.74, 6) is -0.720. The van der Waals surface area contributed by atoms with Gasteiger partial charge in [0.15, 0.2) is 11.5 Å². The fraction of sp³-hybridized carbons (Fsp3) is 0. The number of hydrogen-bond acceptors (Lipinski definition) is 5. The van der Waals surface area contributed by atoms with Gasteiger partial charge in [0.1, 0.15) is 0 Å². The molecule has 92 valence electrons. The van der Waals surface area contributed by atoms with Crippen LogP contribution in [0.2, 0.25) is 0 Å². The number of thiophene rings is 1. The number of phenolic OH excluding ortho intramolecular Hbond substituents is 2. The lowest BCUT2D eigenvalue weighted by Gasteiger charge is -1.98. The van der Waals surface area contributed by atoms with Gasteiger partial charge in [-0.1, -0.05) is 6.07 Å². The van der Waals surface area contributed by atoms with Crippen LogP contribution in [0, 0.1) is 0 Å². The highest BCUT2D eigenvalue weighted by Gasteiger charge is 2.03. The molecule has 0 aliphatic rings. The highest BCUT2D eigenvalue weighted by atomic mass is 32.1. The number of amides is 1. The first-order chi connectivity index (χ1) is 8.66. The van der Waals surface area contributed by atoms with Gasteiger partial charge in [-0.2, -0.15) is 5.10 Å². The number of nitrogens with one attached hydrogen (secondary N) is 1. The average molecular weight is 262 g/mol. The molecule has 3 N–H and O–H groups in total. The zero-order valence-corrected chi connectivity index (χ0v) is 10.0. The van der Waals surface area contributed by atoms with Crippen molar-refractivity contribution in [1.29, 1.82) is 0 Å². The molecule has 0 atom stereocenters. The van der Waals surface area contributed by atoms with Crippen molar-refractivity contribution in [2.24, 2.45) is 5.10 Å². The molecule has 1 aromatic carbocycles. The summed E-state index contributed by atoms with van der Waals surface area (Å²) in [5, 5.41) is 23.9. The van der Waals surface area contributed by atoms with E-state index in [1.807, 2.05) is 0 Å². The van der Waals surface area contributed by atoms with Gasteiger partial charge < -0.3 is 10.2 Å². The van der Waals surface area contributed by atoms with E-state index in [2.05, 4.69) is 10.5 Å². The molecular weight excluding hydrogens is 252 g/mol. The smallest absolute Gasteiger partial charge is 0.281 e. The summed E-state index contributed by atoms with van der Waals surface area (Å²) in [4.78, 5) is 12.1. The number of carbonyl (C=O) groups is 1. The van der Waals surface area contributed by atoms with Crippen molar-refractivity contribution in [3.05, 3.63) is 46.2 Å². The van der Waals surface area contributed by atoms with E-state index in [4.69, 9.17) is 5.11 Å². The first-order valence-electron chi connectivity index (χ1n) is 5.06. The molecule has 6 heteroatoms. The number of carbonyl (C=O) groups excluding carboxylic acids is 1. The number of phenols is 2. The van der Waals surface area contributed by atoms with Crippen LogP contribution in [0.25, 0.3) is 0 Å². The van der Waals surface area contributed by atoms with Crippen LogP contribution in [0.1, 0.15) is 15.2 Å². The highest BCUT2D eigenvalue weighted by Crippen LogP contribution is 2.23. The number of benzene rings is 1. The Morgan fingerprint density at radius 2 is 2.11 bits per heavy atom. The second-order valence-electron chi connectivity index (χ2n) is 3.42. The van der Waals surface area contributed by atoms with Crippen LogP contribution in [0.15, 0.2) is 40.8 Å². The lowest BCUT2D eigenvalue weighted by atomic mass is 10.2. The van der Waals surface area contributed by atoms with Crippen LogP contribution in [-0.4, -0.2) is 22.3 Å². The Kier molecular flexibility index (Phi) is 3.59. The first kappa shape index (κ1) is 12.1. The summed E-state index contributed by atoms with van der Waals surface area (Å²) in [6.07, 6.45) is 1.38. The molecule has 0 radical (unpaired) electrons. The standard InChI is InChI=1S/C12H10N2O3S/c15-9-4-3-8(6-10(9)16)7-13-14-12(17)11-2-1-5-18-11/h1-7,15-16H,(H,14,17). The highest BCUT2D eigenvalue weighted by molar-refractivity contribution is 7.12. The van der Waals surface area contributed by atoms with Gasteiger partial charge in [-0.15, -0.1) is 11.3 Å². The van der Waals surface area contributed by atoms with Gasteiger partial charge in [-0.05, 0) is 35.2 Å². The molecule has 0 bridgehead atoms. The van der Waals surface area contributed by atoms with Crippen molar-refractivity contribution in [2.45, 2.75) is 0 Å². The normalized spacial score (nSPS) is 10.7. The molecule has 0 unspecified atom stereocenters. The number of aromatic hydroxyl groups is 2. The summed E-state index contributed by atoms with van der Waals surface area (Å²) < 4.78 is 0. The van der Waals surface area contributed by atoms with Gasteiger partial charge in [0.2, 0.25) is 0 Å². The summed E-state index contributed by atoms with van der Waals surface area (Å²) in [6.45, 7) is 0. The molecule has 1 aromatic heterocycles. The maximum absolute atomic E-state index is 11.5. The molecule has 0 fully saturated rings. The first-order valence-corrected chi connectivity index (χ1v) is 5.93. The lowest BCUT2D eigenvalue weighted by Crippen LogP contribution is -2.16. The van der Waals surface area contributed by atoms with E-state index in [0.717, 1.165) is 0 Å². The molecule has 0 spiro atoms. The number of hydrogen-bond donors (Lipinski definition) is 3. The van der Waals surface area contributed by atoms with Crippen LogP contribution < -0.4 is 5.43 Å². The quantitative estimate of drug-likeness (QED) is 0.449.